The second kappa shape index (κ2) is 5.17. The molecule has 0 bridgehead atoms. The molecule has 0 amide bonds. The second-order valence-electron chi connectivity index (χ2n) is 3.82. The molecule has 0 spiro atoms. The summed E-state index contributed by atoms with van der Waals surface area (Å²) in [5.41, 5.74) is 1.81. The Morgan fingerprint density at radius 1 is 1.25 bits per heavy atom. The number of aromatic nitrogens is 1. The summed E-state index contributed by atoms with van der Waals surface area (Å²) in [7, 11) is 0. The molecule has 2 nitrogen and oxygen atoms in total. The molecule has 0 aliphatic rings. The van der Waals surface area contributed by atoms with Crippen LogP contribution in [-0.4, -0.2) is 16.6 Å². The lowest BCUT2D eigenvalue weighted by molar-refractivity contribution is 0.0981. The summed E-state index contributed by atoms with van der Waals surface area (Å²) in [6, 6.07) is 7.86. The zero-order chi connectivity index (χ0) is 11.4. The van der Waals surface area contributed by atoms with Crippen molar-refractivity contribution in [2.24, 2.45) is 0 Å². The van der Waals surface area contributed by atoms with Crippen molar-refractivity contribution in [3.63, 3.8) is 0 Å². The minimum absolute atomic E-state index is 0.197. The smallest absolute Gasteiger partial charge is 0.165 e. The summed E-state index contributed by atoms with van der Waals surface area (Å²) in [5, 5.41) is 1.01. The van der Waals surface area contributed by atoms with Crippen molar-refractivity contribution in [3.8, 4) is 0 Å². The van der Waals surface area contributed by atoms with Crippen LogP contribution in [-0.2, 0) is 0 Å². The van der Waals surface area contributed by atoms with Crippen molar-refractivity contribution in [3.05, 3.63) is 36.0 Å². The Labute approximate surface area is 99.6 Å². The number of halogens is 1. The quantitative estimate of drug-likeness (QED) is 0.478. The number of carbonyl (C=O) groups is 1. The highest BCUT2D eigenvalue weighted by Gasteiger charge is 2.10. The first-order valence-corrected chi connectivity index (χ1v) is 6.01. The van der Waals surface area contributed by atoms with E-state index in [1.807, 2.05) is 24.3 Å². The van der Waals surface area contributed by atoms with Crippen LogP contribution < -0.4 is 0 Å². The van der Waals surface area contributed by atoms with Crippen molar-refractivity contribution in [1.82, 2.24) is 4.98 Å². The summed E-state index contributed by atoms with van der Waals surface area (Å²) in [6.07, 6.45) is 4.14. The Kier molecular flexibility index (Phi) is 3.62. The molecule has 1 N–H and O–H groups in total. The number of benzene rings is 1. The van der Waals surface area contributed by atoms with Crippen LogP contribution >= 0.6 is 11.6 Å². The van der Waals surface area contributed by atoms with Crippen molar-refractivity contribution < 1.29 is 4.79 Å². The maximum atomic E-state index is 11.9. The van der Waals surface area contributed by atoms with Gasteiger partial charge in [-0.3, -0.25) is 4.79 Å². The third-order valence-electron chi connectivity index (χ3n) is 2.68. The number of fused-ring (bicyclic) bond motifs is 1. The van der Waals surface area contributed by atoms with Crippen LogP contribution in [0.3, 0.4) is 0 Å². The van der Waals surface area contributed by atoms with Gasteiger partial charge in [-0.1, -0.05) is 18.2 Å². The van der Waals surface area contributed by atoms with E-state index in [1.165, 1.54) is 0 Å². The van der Waals surface area contributed by atoms with E-state index < -0.39 is 0 Å². The zero-order valence-electron chi connectivity index (χ0n) is 9.00. The lowest BCUT2D eigenvalue weighted by atomic mass is 10.1. The Morgan fingerprint density at radius 2 is 2.06 bits per heavy atom. The summed E-state index contributed by atoms with van der Waals surface area (Å²) >= 11 is 5.59. The van der Waals surface area contributed by atoms with Gasteiger partial charge in [0.15, 0.2) is 5.78 Å². The van der Waals surface area contributed by atoms with Gasteiger partial charge in [-0.05, 0) is 18.9 Å². The fraction of sp³-hybridized carbons (Fsp3) is 0.308. The molecular formula is C13H14ClNO. The van der Waals surface area contributed by atoms with Crippen molar-refractivity contribution in [2.75, 3.05) is 5.88 Å². The lowest BCUT2D eigenvalue weighted by Gasteiger charge is -1.98. The van der Waals surface area contributed by atoms with Gasteiger partial charge in [0.1, 0.15) is 0 Å². The molecule has 0 saturated heterocycles. The predicted molar refractivity (Wildman–Crippen MR) is 67.2 cm³/mol. The highest BCUT2D eigenvalue weighted by molar-refractivity contribution is 6.17. The van der Waals surface area contributed by atoms with E-state index in [1.54, 1.807) is 6.20 Å². The van der Waals surface area contributed by atoms with E-state index in [9.17, 15) is 4.79 Å². The molecule has 2 rings (SSSR count). The van der Waals surface area contributed by atoms with Crippen molar-refractivity contribution >= 4 is 28.3 Å². The first-order valence-electron chi connectivity index (χ1n) is 5.48. The molecule has 0 atom stereocenters. The molecule has 0 saturated carbocycles. The molecule has 3 heteroatoms. The van der Waals surface area contributed by atoms with Gasteiger partial charge in [0.05, 0.1) is 0 Å². The maximum Gasteiger partial charge on any atom is 0.165 e. The number of Topliss-reactive ketones (excluding diaryl/α,β-unsaturated/α-hetero) is 1. The van der Waals surface area contributed by atoms with E-state index in [4.69, 9.17) is 11.6 Å². The Balaban J connectivity index is 2.17. The average molecular weight is 236 g/mol. The summed E-state index contributed by atoms with van der Waals surface area (Å²) in [6.45, 7) is 0. The summed E-state index contributed by atoms with van der Waals surface area (Å²) in [4.78, 5) is 15.0. The van der Waals surface area contributed by atoms with E-state index in [0.29, 0.717) is 12.3 Å². The topological polar surface area (TPSA) is 32.9 Å². The number of para-hydroxylation sites is 1. The highest BCUT2D eigenvalue weighted by atomic mass is 35.5. The predicted octanol–water partition coefficient (Wildman–Crippen LogP) is 3.76. The van der Waals surface area contributed by atoms with Gasteiger partial charge in [-0.2, -0.15) is 0 Å². The van der Waals surface area contributed by atoms with E-state index in [-0.39, 0.29) is 5.78 Å². The molecule has 0 aliphatic heterocycles. The van der Waals surface area contributed by atoms with E-state index in [0.717, 1.165) is 29.3 Å². The SMILES string of the molecule is O=C(CCCCCl)c1c[nH]c2ccccc12. The number of rotatable bonds is 5. The lowest BCUT2D eigenvalue weighted by Crippen LogP contribution is -1.97. The molecule has 0 unspecified atom stereocenters. The van der Waals surface area contributed by atoms with Crippen LogP contribution in [0.25, 0.3) is 10.9 Å². The number of ketones is 1. The number of nitrogens with one attached hydrogen (secondary N) is 1. The number of aromatic amines is 1. The molecule has 0 fully saturated rings. The second-order valence-corrected chi connectivity index (χ2v) is 4.20. The molecule has 1 heterocycles. The molecule has 0 radical (unpaired) electrons. The number of alkyl halides is 1. The van der Waals surface area contributed by atoms with Crippen molar-refractivity contribution in [2.45, 2.75) is 19.3 Å². The van der Waals surface area contributed by atoms with Crippen LogP contribution in [0, 0.1) is 0 Å². The molecular weight excluding hydrogens is 222 g/mol. The van der Waals surface area contributed by atoms with Gasteiger partial charge in [-0.15, -0.1) is 11.6 Å². The minimum Gasteiger partial charge on any atom is -0.360 e. The Morgan fingerprint density at radius 3 is 2.88 bits per heavy atom. The first kappa shape index (κ1) is 11.2. The summed E-state index contributed by atoms with van der Waals surface area (Å²) in [5.74, 6) is 0.823. The number of H-pyrrole nitrogens is 1. The Hall–Kier alpha value is -1.28. The molecule has 2 aromatic rings. The Bertz CT molecular complexity index is 489. The zero-order valence-corrected chi connectivity index (χ0v) is 9.76. The van der Waals surface area contributed by atoms with Crippen LogP contribution in [0.15, 0.2) is 30.5 Å². The van der Waals surface area contributed by atoms with Gasteiger partial charge in [0.25, 0.3) is 0 Å². The van der Waals surface area contributed by atoms with Crippen LogP contribution in [0.4, 0.5) is 0 Å². The third kappa shape index (κ3) is 2.27. The number of hydrogen-bond donors (Lipinski definition) is 1. The van der Waals surface area contributed by atoms with E-state index >= 15 is 0 Å². The molecule has 1 aromatic heterocycles. The average Bonchev–Trinajstić information content (AvgIpc) is 2.73. The normalized spacial score (nSPS) is 10.8. The van der Waals surface area contributed by atoms with Gasteiger partial charge in [0, 0.05) is 35.0 Å². The number of carbonyl (C=O) groups excluding carboxylic acids is 1. The third-order valence-corrected chi connectivity index (χ3v) is 2.94. The highest BCUT2D eigenvalue weighted by Crippen LogP contribution is 2.19. The molecule has 16 heavy (non-hydrogen) atoms. The molecule has 1 aromatic carbocycles. The van der Waals surface area contributed by atoms with Crippen LogP contribution in [0.5, 0.6) is 0 Å². The maximum absolute atomic E-state index is 11.9. The van der Waals surface area contributed by atoms with Gasteiger partial charge < -0.3 is 4.98 Å². The largest absolute Gasteiger partial charge is 0.360 e. The molecule has 84 valence electrons. The summed E-state index contributed by atoms with van der Waals surface area (Å²) < 4.78 is 0. The number of hydrogen-bond acceptors (Lipinski definition) is 1. The first-order chi connectivity index (χ1) is 7.83. The number of unbranched alkanes of at least 4 members (excludes halogenated alkanes) is 1. The van der Waals surface area contributed by atoms with Gasteiger partial charge in [0.2, 0.25) is 0 Å². The standard InChI is InChI=1S/C13H14ClNO/c14-8-4-3-7-13(16)11-9-15-12-6-2-1-5-10(11)12/h1-2,5-6,9,15H,3-4,7-8H2. The van der Waals surface area contributed by atoms with Crippen LogP contribution in [0.1, 0.15) is 29.6 Å². The molecule has 0 aliphatic carbocycles. The van der Waals surface area contributed by atoms with Gasteiger partial charge >= 0.3 is 0 Å². The minimum atomic E-state index is 0.197. The fourth-order valence-corrected chi connectivity index (χ4v) is 2.01. The van der Waals surface area contributed by atoms with Crippen LogP contribution in [0.2, 0.25) is 0 Å². The fourth-order valence-electron chi connectivity index (χ4n) is 1.82. The van der Waals surface area contributed by atoms with E-state index in [2.05, 4.69) is 4.98 Å². The monoisotopic (exact) mass is 235 g/mol. The van der Waals surface area contributed by atoms with Crippen molar-refractivity contribution in [1.29, 1.82) is 0 Å². The van der Waals surface area contributed by atoms with Gasteiger partial charge in [-0.25, -0.2) is 0 Å².